The first-order valence-corrected chi connectivity index (χ1v) is 10.5. The summed E-state index contributed by atoms with van der Waals surface area (Å²) >= 11 is 1.76. The molecule has 26 heavy (non-hydrogen) atoms. The predicted molar refractivity (Wildman–Crippen MR) is 112 cm³/mol. The summed E-state index contributed by atoms with van der Waals surface area (Å²) in [6.45, 7) is 8.31. The van der Waals surface area contributed by atoms with Crippen LogP contribution in [0.3, 0.4) is 0 Å². The summed E-state index contributed by atoms with van der Waals surface area (Å²) in [4.78, 5) is 8.60. The molecule has 2 aromatic rings. The number of hydrogen-bond donors (Lipinski definition) is 2. The van der Waals surface area contributed by atoms with Gasteiger partial charge < -0.3 is 15.5 Å². The van der Waals surface area contributed by atoms with Gasteiger partial charge in [0.2, 0.25) is 0 Å². The summed E-state index contributed by atoms with van der Waals surface area (Å²) in [5, 5.41) is 9.00. The number of likely N-dealkylation sites (tertiary alicyclic amines) is 1. The molecule has 1 aromatic heterocycles. The van der Waals surface area contributed by atoms with Gasteiger partial charge in [0.05, 0.1) is 6.54 Å². The van der Waals surface area contributed by atoms with Crippen LogP contribution in [-0.4, -0.2) is 43.6 Å². The molecule has 5 heteroatoms. The molecular weight excluding hydrogens is 340 g/mol. The Kier molecular flexibility index (Phi) is 7.52. The molecule has 0 amide bonds. The van der Waals surface area contributed by atoms with Crippen molar-refractivity contribution in [2.75, 3.05) is 32.7 Å². The Morgan fingerprint density at radius 2 is 2.08 bits per heavy atom. The largest absolute Gasteiger partial charge is 0.357 e. The highest BCUT2D eigenvalue weighted by molar-refractivity contribution is 7.09. The highest BCUT2D eigenvalue weighted by atomic mass is 32.1. The van der Waals surface area contributed by atoms with Gasteiger partial charge in [-0.2, -0.15) is 0 Å². The normalized spacial score (nSPS) is 18.2. The van der Waals surface area contributed by atoms with Gasteiger partial charge in [0, 0.05) is 31.1 Å². The number of guanidine groups is 1. The lowest BCUT2D eigenvalue weighted by Crippen LogP contribution is -2.40. The first-order chi connectivity index (χ1) is 12.8. The van der Waals surface area contributed by atoms with Gasteiger partial charge in [-0.3, -0.25) is 0 Å². The second-order valence-electron chi connectivity index (χ2n) is 6.85. The fourth-order valence-corrected chi connectivity index (χ4v) is 3.98. The van der Waals surface area contributed by atoms with Gasteiger partial charge in [-0.25, -0.2) is 4.99 Å². The van der Waals surface area contributed by atoms with E-state index in [9.17, 15) is 0 Å². The number of aliphatic imine (C=N–C) groups is 1. The molecule has 1 aliphatic rings. The van der Waals surface area contributed by atoms with Gasteiger partial charge in [-0.05, 0) is 49.2 Å². The minimum absolute atomic E-state index is 0.705. The molecule has 0 spiro atoms. The third-order valence-electron chi connectivity index (χ3n) is 4.81. The molecule has 0 radical (unpaired) electrons. The van der Waals surface area contributed by atoms with Crippen LogP contribution < -0.4 is 10.6 Å². The second-order valence-corrected chi connectivity index (χ2v) is 7.88. The maximum atomic E-state index is 4.70. The van der Waals surface area contributed by atoms with E-state index in [1.807, 2.05) is 0 Å². The Morgan fingerprint density at radius 1 is 1.19 bits per heavy atom. The number of rotatable bonds is 8. The predicted octanol–water partition coefficient (Wildman–Crippen LogP) is 3.37. The van der Waals surface area contributed by atoms with E-state index >= 15 is 0 Å². The standard InChI is InChI=1S/C21H30N4S/c1-2-22-21(24-16-20-9-6-14-26-20)23-15-19-11-13-25(17-19)12-10-18-7-4-3-5-8-18/h3-9,14,19H,2,10-13,15-17H2,1H3,(H2,22,23,24). The molecule has 1 atom stereocenters. The van der Waals surface area contributed by atoms with Gasteiger partial charge >= 0.3 is 0 Å². The molecule has 1 unspecified atom stereocenters. The van der Waals surface area contributed by atoms with Crippen molar-refractivity contribution in [1.82, 2.24) is 15.5 Å². The number of benzene rings is 1. The SMILES string of the molecule is CCNC(=NCc1cccs1)NCC1CCN(CCc2ccccc2)C1. The zero-order valence-electron chi connectivity index (χ0n) is 15.7. The molecule has 1 fully saturated rings. The monoisotopic (exact) mass is 370 g/mol. The van der Waals surface area contributed by atoms with E-state index < -0.39 is 0 Å². The summed E-state index contributed by atoms with van der Waals surface area (Å²) < 4.78 is 0. The van der Waals surface area contributed by atoms with Crippen LogP contribution in [0.5, 0.6) is 0 Å². The maximum absolute atomic E-state index is 4.70. The van der Waals surface area contributed by atoms with Crippen molar-refractivity contribution in [1.29, 1.82) is 0 Å². The first kappa shape index (κ1) is 18.9. The molecule has 0 aliphatic carbocycles. The lowest BCUT2D eigenvalue weighted by Gasteiger charge is -2.17. The summed E-state index contributed by atoms with van der Waals surface area (Å²) in [6, 6.07) is 15.0. The zero-order chi connectivity index (χ0) is 18.0. The highest BCUT2D eigenvalue weighted by Crippen LogP contribution is 2.16. The van der Waals surface area contributed by atoms with Gasteiger partial charge in [-0.15, -0.1) is 11.3 Å². The Balaban J connectivity index is 1.40. The topological polar surface area (TPSA) is 39.7 Å². The maximum Gasteiger partial charge on any atom is 0.191 e. The van der Waals surface area contributed by atoms with E-state index in [-0.39, 0.29) is 0 Å². The van der Waals surface area contributed by atoms with E-state index in [1.54, 1.807) is 11.3 Å². The molecule has 2 heterocycles. The minimum atomic E-state index is 0.705. The lowest BCUT2D eigenvalue weighted by atomic mass is 10.1. The van der Waals surface area contributed by atoms with Crippen LogP contribution in [0.25, 0.3) is 0 Å². The van der Waals surface area contributed by atoms with Crippen molar-refractivity contribution in [3.63, 3.8) is 0 Å². The van der Waals surface area contributed by atoms with E-state index in [4.69, 9.17) is 4.99 Å². The van der Waals surface area contributed by atoms with Crippen molar-refractivity contribution < 1.29 is 0 Å². The van der Waals surface area contributed by atoms with Crippen LogP contribution >= 0.6 is 11.3 Å². The highest BCUT2D eigenvalue weighted by Gasteiger charge is 2.22. The molecule has 1 saturated heterocycles. The average Bonchev–Trinajstić information content (AvgIpc) is 3.35. The molecule has 140 valence electrons. The van der Waals surface area contributed by atoms with Crippen molar-refractivity contribution in [2.45, 2.75) is 26.3 Å². The van der Waals surface area contributed by atoms with Crippen LogP contribution in [0, 0.1) is 5.92 Å². The number of nitrogens with one attached hydrogen (secondary N) is 2. The smallest absolute Gasteiger partial charge is 0.191 e. The summed E-state index contributed by atoms with van der Waals surface area (Å²) in [6.07, 6.45) is 2.41. The van der Waals surface area contributed by atoms with E-state index in [0.717, 1.165) is 38.6 Å². The average molecular weight is 371 g/mol. The van der Waals surface area contributed by atoms with Gasteiger partial charge in [0.15, 0.2) is 5.96 Å². The van der Waals surface area contributed by atoms with Crippen LogP contribution in [0.2, 0.25) is 0 Å². The summed E-state index contributed by atoms with van der Waals surface area (Å²) in [5.74, 6) is 1.64. The van der Waals surface area contributed by atoms with E-state index in [2.05, 4.69) is 70.3 Å². The minimum Gasteiger partial charge on any atom is -0.357 e. The van der Waals surface area contributed by atoms with E-state index in [1.165, 1.54) is 30.0 Å². The van der Waals surface area contributed by atoms with Crippen molar-refractivity contribution in [3.05, 3.63) is 58.3 Å². The fraction of sp³-hybridized carbons (Fsp3) is 0.476. The molecule has 2 N–H and O–H groups in total. The zero-order valence-corrected chi connectivity index (χ0v) is 16.5. The summed E-state index contributed by atoms with van der Waals surface area (Å²) in [5.41, 5.74) is 1.43. The van der Waals surface area contributed by atoms with Crippen LogP contribution in [0.4, 0.5) is 0 Å². The van der Waals surface area contributed by atoms with Gasteiger partial charge in [0.25, 0.3) is 0 Å². The van der Waals surface area contributed by atoms with Crippen molar-refractivity contribution >= 4 is 17.3 Å². The molecular formula is C21H30N4S. The number of nitrogens with zero attached hydrogens (tertiary/aromatic N) is 2. The van der Waals surface area contributed by atoms with Crippen molar-refractivity contribution in [3.8, 4) is 0 Å². The Hall–Kier alpha value is -1.85. The Bertz CT molecular complexity index is 654. The molecule has 4 nitrogen and oxygen atoms in total. The Labute approximate surface area is 161 Å². The van der Waals surface area contributed by atoms with E-state index in [0.29, 0.717) is 5.92 Å². The quantitative estimate of drug-likeness (QED) is 0.553. The Morgan fingerprint density at radius 3 is 2.85 bits per heavy atom. The number of hydrogen-bond acceptors (Lipinski definition) is 3. The third-order valence-corrected chi connectivity index (χ3v) is 5.67. The lowest BCUT2D eigenvalue weighted by molar-refractivity contribution is 0.328. The molecule has 3 rings (SSSR count). The molecule has 1 aliphatic heterocycles. The summed E-state index contributed by atoms with van der Waals surface area (Å²) in [7, 11) is 0. The van der Waals surface area contributed by atoms with Crippen molar-refractivity contribution in [2.24, 2.45) is 10.9 Å². The molecule has 1 aromatic carbocycles. The van der Waals surface area contributed by atoms with Crippen LogP contribution in [0.1, 0.15) is 23.8 Å². The van der Waals surface area contributed by atoms with Crippen LogP contribution in [-0.2, 0) is 13.0 Å². The first-order valence-electron chi connectivity index (χ1n) is 9.64. The van der Waals surface area contributed by atoms with Crippen LogP contribution in [0.15, 0.2) is 52.8 Å². The molecule has 0 saturated carbocycles. The van der Waals surface area contributed by atoms with Gasteiger partial charge in [-0.1, -0.05) is 36.4 Å². The van der Waals surface area contributed by atoms with Gasteiger partial charge in [0.1, 0.15) is 0 Å². The fourth-order valence-electron chi connectivity index (χ4n) is 3.36. The third kappa shape index (κ3) is 6.15. The second kappa shape index (κ2) is 10.3. The number of thiophene rings is 1. The molecule has 0 bridgehead atoms.